The van der Waals surface area contributed by atoms with Gasteiger partial charge in [-0.3, -0.25) is 4.99 Å². The van der Waals surface area contributed by atoms with Gasteiger partial charge in [0.25, 0.3) is 0 Å². The predicted molar refractivity (Wildman–Crippen MR) is 94.0 cm³/mol. The van der Waals surface area contributed by atoms with Gasteiger partial charge in [0.05, 0.1) is 12.2 Å². The van der Waals surface area contributed by atoms with Crippen molar-refractivity contribution >= 4 is 29.9 Å². The highest BCUT2D eigenvalue weighted by atomic mass is 127. The number of aliphatic imine (C=N–C) groups is 1. The molecule has 1 aromatic carbocycles. The summed E-state index contributed by atoms with van der Waals surface area (Å²) in [5.41, 5.74) is -0.0835. The molecular weight excluding hydrogens is 422 g/mol. The van der Waals surface area contributed by atoms with Crippen molar-refractivity contribution in [3.8, 4) is 0 Å². The highest BCUT2D eigenvalue weighted by Gasteiger charge is 2.30. The number of hydrogen-bond acceptors (Lipinski definition) is 2. The van der Waals surface area contributed by atoms with Crippen LogP contribution in [0.1, 0.15) is 17.5 Å². The first-order valence-corrected chi connectivity index (χ1v) is 7.17. The lowest BCUT2D eigenvalue weighted by Crippen LogP contribution is -2.39. The van der Waals surface area contributed by atoms with Crippen LogP contribution < -0.4 is 10.6 Å². The first-order chi connectivity index (χ1) is 10.5. The van der Waals surface area contributed by atoms with Gasteiger partial charge < -0.3 is 15.4 Å². The van der Waals surface area contributed by atoms with Crippen LogP contribution in [0.3, 0.4) is 0 Å². The van der Waals surface area contributed by atoms with Crippen LogP contribution in [0.4, 0.5) is 13.2 Å². The second-order valence-electron chi connectivity index (χ2n) is 5.23. The smallest absolute Gasteiger partial charge is 0.381 e. The number of hydrogen-bond donors (Lipinski definition) is 2. The van der Waals surface area contributed by atoms with Gasteiger partial charge in [0, 0.05) is 32.7 Å². The number of guanidine groups is 1. The Morgan fingerprint density at radius 1 is 1.35 bits per heavy atom. The summed E-state index contributed by atoms with van der Waals surface area (Å²) in [7, 11) is 1.63. The van der Waals surface area contributed by atoms with E-state index in [0.717, 1.165) is 38.3 Å². The maximum Gasteiger partial charge on any atom is 0.416 e. The average Bonchev–Trinajstić information content (AvgIpc) is 3.00. The molecule has 0 aromatic heterocycles. The molecule has 0 amide bonds. The first kappa shape index (κ1) is 20.0. The molecule has 8 heteroatoms. The maximum atomic E-state index is 12.7. The van der Waals surface area contributed by atoms with Crippen molar-refractivity contribution in [2.24, 2.45) is 10.9 Å². The van der Waals surface area contributed by atoms with Crippen LogP contribution in [0.2, 0.25) is 0 Å². The van der Waals surface area contributed by atoms with E-state index in [-0.39, 0.29) is 30.5 Å². The van der Waals surface area contributed by atoms with E-state index < -0.39 is 11.7 Å². The Labute approximate surface area is 150 Å². The Bertz CT molecular complexity index is 517. The number of rotatable bonds is 4. The second-order valence-corrected chi connectivity index (χ2v) is 5.23. The molecular formula is C15H21F3IN3O. The molecule has 1 heterocycles. The van der Waals surface area contributed by atoms with Crippen LogP contribution in [-0.4, -0.2) is 32.8 Å². The van der Waals surface area contributed by atoms with Gasteiger partial charge in [-0.15, -0.1) is 24.0 Å². The van der Waals surface area contributed by atoms with Crippen molar-refractivity contribution in [1.29, 1.82) is 0 Å². The number of benzene rings is 1. The van der Waals surface area contributed by atoms with Crippen LogP contribution in [-0.2, 0) is 17.5 Å². The van der Waals surface area contributed by atoms with E-state index >= 15 is 0 Å². The third-order valence-corrected chi connectivity index (χ3v) is 3.52. The highest BCUT2D eigenvalue weighted by Crippen LogP contribution is 2.29. The first-order valence-electron chi connectivity index (χ1n) is 7.17. The zero-order chi connectivity index (χ0) is 16.0. The monoisotopic (exact) mass is 443 g/mol. The molecule has 1 atom stereocenters. The largest absolute Gasteiger partial charge is 0.416 e. The lowest BCUT2D eigenvalue weighted by atomic mass is 10.1. The molecule has 130 valence electrons. The van der Waals surface area contributed by atoms with Crippen LogP contribution in [0, 0.1) is 5.92 Å². The van der Waals surface area contributed by atoms with Gasteiger partial charge in [0.2, 0.25) is 0 Å². The van der Waals surface area contributed by atoms with E-state index in [1.165, 1.54) is 6.07 Å². The highest BCUT2D eigenvalue weighted by molar-refractivity contribution is 14.0. The molecule has 0 saturated carbocycles. The summed E-state index contributed by atoms with van der Waals surface area (Å²) < 4.78 is 43.3. The predicted octanol–water partition coefficient (Wildman–Crippen LogP) is 3.02. The molecule has 2 rings (SSSR count). The standard InChI is InChI=1S/C15H20F3N3O.HI/c1-19-14(21-9-12-5-6-22-10-12)20-8-11-3-2-4-13(7-11)15(16,17)18;/h2-4,7,12H,5-6,8-10H2,1H3,(H2,19,20,21);1H. The van der Waals surface area contributed by atoms with Gasteiger partial charge in [-0.05, 0) is 24.1 Å². The van der Waals surface area contributed by atoms with E-state index in [4.69, 9.17) is 4.74 Å². The molecule has 1 aromatic rings. The minimum absolute atomic E-state index is 0. The molecule has 1 unspecified atom stereocenters. The Morgan fingerprint density at radius 2 is 2.13 bits per heavy atom. The van der Waals surface area contributed by atoms with Gasteiger partial charge in [-0.2, -0.15) is 13.2 Å². The summed E-state index contributed by atoms with van der Waals surface area (Å²) in [5.74, 6) is 1.02. The molecule has 1 saturated heterocycles. The summed E-state index contributed by atoms with van der Waals surface area (Å²) in [5, 5.41) is 6.18. The van der Waals surface area contributed by atoms with Gasteiger partial charge in [-0.25, -0.2) is 0 Å². The number of halogens is 4. The molecule has 23 heavy (non-hydrogen) atoms. The normalized spacial score (nSPS) is 18.4. The molecule has 0 aliphatic carbocycles. The number of nitrogens with zero attached hydrogens (tertiary/aromatic N) is 1. The summed E-state index contributed by atoms with van der Waals surface area (Å²) in [6, 6.07) is 5.27. The van der Waals surface area contributed by atoms with E-state index in [1.54, 1.807) is 13.1 Å². The fraction of sp³-hybridized carbons (Fsp3) is 0.533. The third kappa shape index (κ3) is 6.54. The van der Waals surface area contributed by atoms with Crippen molar-refractivity contribution in [2.75, 3.05) is 26.8 Å². The zero-order valence-corrected chi connectivity index (χ0v) is 15.2. The van der Waals surface area contributed by atoms with E-state index in [0.29, 0.717) is 17.4 Å². The van der Waals surface area contributed by atoms with Crippen LogP contribution in [0.15, 0.2) is 29.3 Å². The number of nitrogens with one attached hydrogen (secondary N) is 2. The maximum absolute atomic E-state index is 12.7. The van der Waals surface area contributed by atoms with Crippen molar-refractivity contribution in [3.05, 3.63) is 35.4 Å². The summed E-state index contributed by atoms with van der Waals surface area (Å²) in [6.45, 7) is 2.53. The summed E-state index contributed by atoms with van der Waals surface area (Å²) in [4.78, 5) is 4.07. The van der Waals surface area contributed by atoms with Crippen LogP contribution in [0.5, 0.6) is 0 Å². The molecule has 0 spiro atoms. The Balaban J connectivity index is 0.00000264. The molecule has 2 N–H and O–H groups in total. The summed E-state index contributed by atoms with van der Waals surface area (Å²) in [6.07, 6.45) is -3.31. The van der Waals surface area contributed by atoms with Crippen molar-refractivity contribution in [3.63, 3.8) is 0 Å². The lowest BCUT2D eigenvalue weighted by molar-refractivity contribution is -0.137. The third-order valence-electron chi connectivity index (χ3n) is 3.52. The van der Waals surface area contributed by atoms with Gasteiger partial charge in [0.1, 0.15) is 0 Å². The van der Waals surface area contributed by atoms with E-state index in [2.05, 4.69) is 15.6 Å². The summed E-state index contributed by atoms with van der Waals surface area (Å²) >= 11 is 0. The van der Waals surface area contributed by atoms with E-state index in [9.17, 15) is 13.2 Å². The Kier molecular flexibility index (Phi) is 8.10. The molecule has 0 bridgehead atoms. The van der Waals surface area contributed by atoms with Gasteiger partial charge >= 0.3 is 6.18 Å². The molecule has 1 fully saturated rings. The fourth-order valence-electron chi connectivity index (χ4n) is 2.25. The number of alkyl halides is 3. The zero-order valence-electron chi connectivity index (χ0n) is 12.8. The molecule has 1 aliphatic rings. The van der Waals surface area contributed by atoms with Crippen molar-refractivity contribution in [1.82, 2.24) is 10.6 Å². The lowest BCUT2D eigenvalue weighted by Gasteiger charge is -2.15. The Hall–Kier alpha value is -1.03. The minimum Gasteiger partial charge on any atom is -0.381 e. The van der Waals surface area contributed by atoms with Gasteiger partial charge in [-0.1, -0.05) is 12.1 Å². The Morgan fingerprint density at radius 3 is 2.74 bits per heavy atom. The fourth-order valence-corrected chi connectivity index (χ4v) is 2.25. The van der Waals surface area contributed by atoms with Crippen LogP contribution in [0.25, 0.3) is 0 Å². The van der Waals surface area contributed by atoms with E-state index in [1.807, 2.05) is 0 Å². The van der Waals surface area contributed by atoms with Crippen molar-refractivity contribution < 1.29 is 17.9 Å². The molecule has 1 aliphatic heterocycles. The second kappa shape index (κ2) is 9.31. The van der Waals surface area contributed by atoms with Crippen LogP contribution >= 0.6 is 24.0 Å². The van der Waals surface area contributed by atoms with Crippen molar-refractivity contribution in [2.45, 2.75) is 19.1 Å². The number of ether oxygens (including phenoxy) is 1. The molecule has 0 radical (unpaired) electrons. The average molecular weight is 443 g/mol. The SMILES string of the molecule is CN=C(NCc1cccc(C(F)(F)F)c1)NCC1CCOC1.I. The minimum atomic E-state index is -4.32. The molecule has 4 nitrogen and oxygen atoms in total. The van der Waals surface area contributed by atoms with Gasteiger partial charge in [0.15, 0.2) is 5.96 Å². The topological polar surface area (TPSA) is 45.7 Å². The quantitative estimate of drug-likeness (QED) is 0.428.